The first-order chi connectivity index (χ1) is 7.54. The average Bonchev–Trinajstić information content (AvgIpc) is 2.21. The minimum atomic E-state index is -0.612. The molecule has 1 rings (SSSR count). The molecule has 88 valence electrons. The third kappa shape index (κ3) is 3.27. The summed E-state index contributed by atoms with van der Waals surface area (Å²) in [5.74, 6) is -0.555. The highest BCUT2D eigenvalue weighted by Crippen LogP contribution is 2.18. The van der Waals surface area contributed by atoms with Crippen LogP contribution in [0.1, 0.15) is 25.3 Å². The average molecular weight is 226 g/mol. The van der Waals surface area contributed by atoms with Gasteiger partial charge in [0.15, 0.2) is 0 Å². The van der Waals surface area contributed by atoms with Gasteiger partial charge in [0.2, 0.25) is 0 Å². The summed E-state index contributed by atoms with van der Waals surface area (Å²) in [6.07, 6.45) is 2.17. The third-order valence-electron chi connectivity index (χ3n) is 2.39. The number of hydrogen-bond acceptors (Lipinski definition) is 3. The molecule has 1 aromatic rings. The van der Waals surface area contributed by atoms with E-state index in [1.54, 1.807) is 0 Å². The van der Waals surface area contributed by atoms with Crippen molar-refractivity contribution in [1.82, 2.24) is 0 Å². The summed E-state index contributed by atoms with van der Waals surface area (Å²) < 4.78 is 13.5. The first-order valence-electron chi connectivity index (χ1n) is 5.23. The Bertz CT molecular complexity index is 382. The first kappa shape index (κ1) is 12.6. The predicted octanol–water partition coefficient (Wildman–Crippen LogP) is 2.40. The van der Waals surface area contributed by atoms with E-state index in [0.29, 0.717) is 12.0 Å². The molecule has 16 heavy (non-hydrogen) atoms. The zero-order valence-corrected chi connectivity index (χ0v) is 9.15. The molecule has 0 aliphatic rings. The fourth-order valence-corrected chi connectivity index (χ4v) is 1.57. The molecule has 1 atom stereocenters. The Kier molecular flexibility index (Phi) is 4.37. The molecule has 0 bridgehead atoms. The van der Waals surface area contributed by atoms with Crippen molar-refractivity contribution in [2.45, 2.75) is 32.2 Å². The van der Waals surface area contributed by atoms with Crippen LogP contribution in [0, 0.1) is 15.9 Å². The van der Waals surface area contributed by atoms with Gasteiger partial charge in [-0.05, 0) is 24.5 Å². The van der Waals surface area contributed by atoms with E-state index in [1.807, 2.05) is 6.92 Å². The molecule has 0 amide bonds. The molecule has 4 nitrogen and oxygen atoms in total. The lowest BCUT2D eigenvalue weighted by atomic mass is 10.0. The largest absolute Gasteiger partial charge is 0.327 e. The summed E-state index contributed by atoms with van der Waals surface area (Å²) in [7, 11) is 0. The summed E-state index contributed by atoms with van der Waals surface area (Å²) in [4.78, 5) is 9.79. The number of non-ortho nitro benzene ring substituents is 1. The van der Waals surface area contributed by atoms with E-state index in [1.165, 1.54) is 12.1 Å². The topological polar surface area (TPSA) is 69.2 Å². The lowest BCUT2D eigenvalue weighted by molar-refractivity contribution is -0.385. The molecule has 0 heterocycles. The lowest BCUT2D eigenvalue weighted by Gasteiger charge is -2.10. The van der Waals surface area contributed by atoms with Gasteiger partial charge in [0.05, 0.1) is 11.0 Å². The van der Waals surface area contributed by atoms with Crippen molar-refractivity contribution in [3.8, 4) is 0 Å². The summed E-state index contributed by atoms with van der Waals surface area (Å²) in [6, 6.07) is 3.58. The Morgan fingerprint density at radius 1 is 1.56 bits per heavy atom. The molecule has 0 aliphatic carbocycles. The second-order valence-corrected chi connectivity index (χ2v) is 3.79. The van der Waals surface area contributed by atoms with Crippen LogP contribution in [0.25, 0.3) is 0 Å². The predicted molar refractivity (Wildman–Crippen MR) is 59.6 cm³/mol. The van der Waals surface area contributed by atoms with E-state index in [2.05, 4.69) is 0 Å². The molecule has 1 aromatic carbocycles. The van der Waals surface area contributed by atoms with Crippen LogP contribution in [-0.2, 0) is 6.42 Å². The lowest BCUT2D eigenvalue weighted by Crippen LogP contribution is -2.22. The monoisotopic (exact) mass is 226 g/mol. The van der Waals surface area contributed by atoms with Crippen molar-refractivity contribution in [2.75, 3.05) is 0 Å². The van der Waals surface area contributed by atoms with Gasteiger partial charge < -0.3 is 5.73 Å². The number of nitro benzene ring substituents is 1. The Morgan fingerprint density at radius 3 is 2.75 bits per heavy atom. The van der Waals surface area contributed by atoms with Gasteiger partial charge in [0, 0.05) is 12.1 Å². The number of nitro groups is 1. The Morgan fingerprint density at radius 2 is 2.25 bits per heavy atom. The molecule has 5 heteroatoms. The molecule has 0 radical (unpaired) electrons. The van der Waals surface area contributed by atoms with E-state index in [4.69, 9.17) is 5.73 Å². The van der Waals surface area contributed by atoms with Gasteiger partial charge in [-0.15, -0.1) is 0 Å². The van der Waals surface area contributed by atoms with Crippen LogP contribution < -0.4 is 5.73 Å². The summed E-state index contributed by atoms with van der Waals surface area (Å²) in [5, 5.41) is 10.4. The Balaban J connectivity index is 2.79. The van der Waals surface area contributed by atoms with Crippen LogP contribution in [-0.4, -0.2) is 11.0 Å². The number of nitrogens with zero attached hydrogens (tertiary/aromatic N) is 1. The maximum Gasteiger partial charge on any atom is 0.272 e. The van der Waals surface area contributed by atoms with Crippen LogP contribution in [0.15, 0.2) is 18.2 Å². The molecule has 0 aliphatic heterocycles. The zero-order valence-electron chi connectivity index (χ0n) is 9.15. The van der Waals surface area contributed by atoms with Crippen LogP contribution in [0.4, 0.5) is 10.1 Å². The highest BCUT2D eigenvalue weighted by molar-refractivity contribution is 5.34. The van der Waals surface area contributed by atoms with Crippen molar-refractivity contribution in [3.05, 3.63) is 39.7 Å². The number of benzene rings is 1. The van der Waals surface area contributed by atoms with Crippen molar-refractivity contribution in [2.24, 2.45) is 5.73 Å². The Labute approximate surface area is 93.4 Å². The van der Waals surface area contributed by atoms with E-state index >= 15 is 0 Å². The van der Waals surface area contributed by atoms with Crippen LogP contribution in [0.3, 0.4) is 0 Å². The normalized spacial score (nSPS) is 12.4. The Hall–Kier alpha value is -1.49. The summed E-state index contributed by atoms with van der Waals surface area (Å²) >= 11 is 0. The van der Waals surface area contributed by atoms with Gasteiger partial charge in [0.1, 0.15) is 5.82 Å². The van der Waals surface area contributed by atoms with Gasteiger partial charge >= 0.3 is 0 Å². The van der Waals surface area contributed by atoms with Gasteiger partial charge in [-0.3, -0.25) is 10.1 Å². The number of rotatable bonds is 5. The maximum atomic E-state index is 13.5. The minimum absolute atomic E-state index is 0.0963. The maximum absolute atomic E-state index is 13.5. The van der Waals surface area contributed by atoms with Crippen LogP contribution in [0.2, 0.25) is 0 Å². The number of hydrogen-bond donors (Lipinski definition) is 1. The van der Waals surface area contributed by atoms with Gasteiger partial charge in [0.25, 0.3) is 5.69 Å². The minimum Gasteiger partial charge on any atom is -0.327 e. The zero-order chi connectivity index (χ0) is 12.1. The van der Waals surface area contributed by atoms with Crippen molar-refractivity contribution < 1.29 is 9.31 Å². The molecule has 0 spiro atoms. The third-order valence-corrected chi connectivity index (χ3v) is 2.39. The smallest absolute Gasteiger partial charge is 0.272 e. The number of halogens is 1. The molecule has 0 aromatic heterocycles. The summed E-state index contributed by atoms with van der Waals surface area (Å²) in [5.41, 5.74) is 5.99. The molecule has 2 N–H and O–H groups in total. The quantitative estimate of drug-likeness (QED) is 0.619. The van der Waals surface area contributed by atoms with Crippen molar-refractivity contribution in [3.63, 3.8) is 0 Å². The molecular weight excluding hydrogens is 211 g/mol. The van der Waals surface area contributed by atoms with Crippen molar-refractivity contribution >= 4 is 5.69 Å². The van der Waals surface area contributed by atoms with E-state index in [9.17, 15) is 14.5 Å². The highest BCUT2D eigenvalue weighted by Gasteiger charge is 2.12. The molecule has 0 saturated carbocycles. The fourth-order valence-electron chi connectivity index (χ4n) is 1.57. The van der Waals surface area contributed by atoms with Crippen molar-refractivity contribution in [1.29, 1.82) is 0 Å². The summed E-state index contributed by atoms with van der Waals surface area (Å²) in [6.45, 7) is 2.01. The second-order valence-electron chi connectivity index (χ2n) is 3.79. The van der Waals surface area contributed by atoms with E-state index in [-0.39, 0.29) is 11.7 Å². The fraction of sp³-hybridized carbons (Fsp3) is 0.455. The molecular formula is C11H15FN2O2. The highest BCUT2D eigenvalue weighted by atomic mass is 19.1. The van der Waals surface area contributed by atoms with Gasteiger partial charge in [-0.1, -0.05) is 13.3 Å². The van der Waals surface area contributed by atoms with E-state index in [0.717, 1.165) is 18.9 Å². The van der Waals surface area contributed by atoms with Crippen LogP contribution in [0.5, 0.6) is 0 Å². The number of nitrogens with two attached hydrogens (primary N) is 1. The SMILES string of the molecule is CCCC(N)Cc1ccc([N+](=O)[O-])cc1F. The second kappa shape index (κ2) is 5.55. The van der Waals surface area contributed by atoms with Gasteiger partial charge in [-0.25, -0.2) is 4.39 Å². The first-order valence-corrected chi connectivity index (χ1v) is 5.23. The molecule has 0 fully saturated rings. The molecule has 0 saturated heterocycles. The standard InChI is InChI=1S/C11H15FN2O2/c1-2-3-9(13)6-8-4-5-10(14(15)16)7-11(8)12/h4-5,7,9H,2-3,6,13H2,1H3. The van der Waals surface area contributed by atoms with Gasteiger partial charge in [-0.2, -0.15) is 0 Å². The van der Waals surface area contributed by atoms with E-state index < -0.39 is 10.7 Å². The molecule has 1 unspecified atom stereocenters. The van der Waals surface area contributed by atoms with Crippen LogP contribution >= 0.6 is 0 Å².